The largest absolute Gasteiger partial charge is 0.411 e. The van der Waals surface area contributed by atoms with E-state index < -0.39 is 0 Å². The summed E-state index contributed by atoms with van der Waals surface area (Å²) in [6.07, 6.45) is 3.67. The van der Waals surface area contributed by atoms with Crippen LogP contribution in [0.1, 0.15) is 19.4 Å². The van der Waals surface area contributed by atoms with E-state index in [2.05, 4.69) is 21.4 Å². The molecule has 5 nitrogen and oxygen atoms in total. The van der Waals surface area contributed by atoms with Gasteiger partial charge >= 0.3 is 0 Å². The van der Waals surface area contributed by atoms with Gasteiger partial charge in [0.05, 0.1) is 17.3 Å². The fourth-order valence-electron chi connectivity index (χ4n) is 2.20. The maximum absolute atomic E-state index is 5.77. The van der Waals surface area contributed by atoms with Crippen LogP contribution in [-0.2, 0) is 0 Å². The van der Waals surface area contributed by atoms with Crippen LogP contribution in [0, 0.1) is 6.92 Å². The number of fused-ring (bicyclic) bond motifs is 1. The minimum atomic E-state index is 0.485. The molecule has 0 unspecified atom stereocenters. The van der Waals surface area contributed by atoms with Gasteiger partial charge in [0.2, 0.25) is 0 Å². The van der Waals surface area contributed by atoms with Crippen molar-refractivity contribution >= 4 is 17.3 Å². The van der Waals surface area contributed by atoms with Crippen molar-refractivity contribution in [1.82, 2.24) is 19.8 Å². The SMILES string of the molecule is CC.Cc1ccn2ncc(-c3nnc(Sc4ccccc4)o3)c2c1. The molecule has 3 aromatic heterocycles. The van der Waals surface area contributed by atoms with Crippen molar-refractivity contribution in [1.29, 1.82) is 0 Å². The van der Waals surface area contributed by atoms with Crippen LogP contribution in [0.4, 0.5) is 0 Å². The third-order valence-corrected chi connectivity index (χ3v) is 4.11. The highest BCUT2D eigenvalue weighted by atomic mass is 32.2. The third-order valence-electron chi connectivity index (χ3n) is 3.26. The van der Waals surface area contributed by atoms with Crippen molar-refractivity contribution in [3.63, 3.8) is 0 Å². The van der Waals surface area contributed by atoms with Gasteiger partial charge in [-0.05, 0) is 48.5 Å². The second kappa shape index (κ2) is 7.31. The molecular weight excluding hydrogens is 320 g/mol. The zero-order chi connectivity index (χ0) is 16.9. The minimum absolute atomic E-state index is 0.485. The second-order valence-corrected chi connectivity index (χ2v) is 5.91. The molecule has 3 heterocycles. The molecule has 0 bridgehead atoms. The molecule has 0 saturated heterocycles. The summed E-state index contributed by atoms with van der Waals surface area (Å²) in [5.41, 5.74) is 2.96. The highest BCUT2D eigenvalue weighted by Crippen LogP contribution is 2.30. The van der Waals surface area contributed by atoms with Crippen LogP contribution in [0.25, 0.3) is 17.0 Å². The Balaban J connectivity index is 0.000000815. The quantitative estimate of drug-likeness (QED) is 0.533. The Bertz CT molecular complexity index is 931. The summed E-state index contributed by atoms with van der Waals surface area (Å²) >= 11 is 1.45. The van der Waals surface area contributed by atoms with Crippen LogP contribution >= 0.6 is 11.8 Å². The number of pyridine rings is 1. The van der Waals surface area contributed by atoms with Gasteiger partial charge in [-0.25, -0.2) is 4.52 Å². The maximum atomic E-state index is 5.77. The molecule has 4 rings (SSSR count). The Kier molecular flexibility index (Phi) is 4.96. The zero-order valence-electron chi connectivity index (χ0n) is 13.8. The van der Waals surface area contributed by atoms with Gasteiger partial charge in [-0.2, -0.15) is 5.10 Å². The van der Waals surface area contributed by atoms with Gasteiger partial charge in [-0.15, -0.1) is 10.2 Å². The van der Waals surface area contributed by atoms with Crippen molar-refractivity contribution < 1.29 is 4.42 Å². The summed E-state index contributed by atoms with van der Waals surface area (Å²) in [4.78, 5) is 1.06. The van der Waals surface area contributed by atoms with E-state index in [1.165, 1.54) is 11.8 Å². The van der Waals surface area contributed by atoms with Crippen LogP contribution in [0.2, 0.25) is 0 Å². The lowest BCUT2D eigenvalue weighted by molar-refractivity contribution is 0.466. The molecule has 0 N–H and O–H groups in total. The lowest BCUT2D eigenvalue weighted by Crippen LogP contribution is -1.86. The Morgan fingerprint density at radius 1 is 1.04 bits per heavy atom. The molecule has 0 radical (unpaired) electrons. The summed E-state index contributed by atoms with van der Waals surface area (Å²) < 4.78 is 7.57. The van der Waals surface area contributed by atoms with Crippen molar-refractivity contribution in [3.05, 3.63) is 60.4 Å². The van der Waals surface area contributed by atoms with E-state index in [1.54, 1.807) is 10.7 Å². The first kappa shape index (κ1) is 16.3. The minimum Gasteiger partial charge on any atom is -0.411 e. The van der Waals surface area contributed by atoms with E-state index in [0.717, 1.165) is 21.5 Å². The molecule has 0 fully saturated rings. The van der Waals surface area contributed by atoms with E-state index in [-0.39, 0.29) is 0 Å². The first-order valence-electron chi connectivity index (χ1n) is 7.80. The number of hydrogen-bond acceptors (Lipinski definition) is 5. The Morgan fingerprint density at radius 2 is 1.83 bits per heavy atom. The molecule has 0 spiro atoms. The Hall–Kier alpha value is -2.60. The van der Waals surface area contributed by atoms with Crippen LogP contribution in [0.5, 0.6) is 0 Å². The number of hydrogen-bond donors (Lipinski definition) is 0. The van der Waals surface area contributed by atoms with E-state index in [4.69, 9.17) is 4.42 Å². The van der Waals surface area contributed by atoms with Gasteiger partial charge < -0.3 is 4.42 Å². The Morgan fingerprint density at radius 3 is 2.62 bits per heavy atom. The highest BCUT2D eigenvalue weighted by Gasteiger charge is 2.14. The molecule has 4 aromatic rings. The normalized spacial score (nSPS) is 10.5. The van der Waals surface area contributed by atoms with Gasteiger partial charge in [0, 0.05) is 11.1 Å². The molecule has 0 amide bonds. The smallest absolute Gasteiger partial charge is 0.281 e. The van der Waals surface area contributed by atoms with Crippen molar-refractivity contribution in [2.75, 3.05) is 0 Å². The van der Waals surface area contributed by atoms with Gasteiger partial charge in [0.25, 0.3) is 11.1 Å². The number of benzene rings is 1. The fourth-order valence-corrected chi connectivity index (χ4v) is 2.90. The number of aromatic nitrogens is 4. The van der Waals surface area contributed by atoms with Gasteiger partial charge in [0.15, 0.2) is 0 Å². The lowest BCUT2D eigenvalue weighted by atomic mass is 10.2. The number of nitrogens with zero attached hydrogens (tertiary/aromatic N) is 4. The highest BCUT2D eigenvalue weighted by molar-refractivity contribution is 7.99. The molecule has 0 saturated carbocycles. The molecule has 0 atom stereocenters. The van der Waals surface area contributed by atoms with Gasteiger partial charge in [-0.1, -0.05) is 32.0 Å². The van der Waals surface area contributed by atoms with Crippen molar-refractivity contribution in [2.24, 2.45) is 0 Å². The molecular formula is C18H18N4OS. The molecule has 0 aliphatic rings. The Labute approximate surface area is 144 Å². The van der Waals surface area contributed by atoms with Crippen LogP contribution in [0.15, 0.2) is 69.4 Å². The first-order valence-corrected chi connectivity index (χ1v) is 8.62. The van der Waals surface area contributed by atoms with Gasteiger partial charge in [0.1, 0.15) is 0 Å². The topological polar surface area (TPSA) is 56.2 Å². The summed E-state index contributed by atoms with van der Waals surface area (Å²) in [7, 11) is 0. The summed E-state index contributed by atoms with van der Waals surface area (Å²) in [6.45, 7) is 6.04. The second-order valence-electron chi connectivity index (χ2n) is 4.88. The average molecular weight is 338 g/mol. The van der Waals surface area contributed by atoms with Crippen LogP contribution < -0.4 is 0 Å². The zero-order valence-corrected chi connectivity index (χ0v) is 14.6. The van der Waals surface area contributed by atoms with E-state index in [9.17, 15) is 0 Å². The predicted molar refractivity (Wildman–Crippen MR) is 95.1 cm³/mol. The molecule has 6 heteroatoms. The molecule has 0 aliphatic heterocycles. The van der Waals surface area contributed by atoms with Crippen LogP contribution in [0.3, 0.4) is 0 Å². The molecule has 0 aliphatic carbocycles. The van der Waals surface area contributed by atoms with Crippen LogP contribution in [-0.4, -0.2) is 19.8 Å². The average Bonchev–Trinajstić information content (AvgIpc) is 3.24. The maximum Gasteiger partial charge on any atom is 0.281 e. The summed E-state index contributed by atoms with van der Waals surface area (Å²) in [6, 6.07) is 14.0. The third kappa shape index (κ3) is 3.33. The van der Waals surface area contributed by atoms with E-state index in [0.29, 0.717) is 11.1 Å². The summed E-state index contributed by atoms with van der Waals surface area (Å²) in [5.74, 6) is 0.485. The van der Waals surface area contributed by atoms with E-state index in [1.807, 2.05) is 63.4 Å². The van der Waals surface area contributed by atoms with E-state index >= 15 is 0 Å². The monoisotopic (exact) mass is 338 g/mol. The fraction of sp³-hybridized carbons (Fsp3) is 0.167. The molecule has 24 heavy (non-hydrogen) atoms. The number of rotatable bonds is 3. The van der Waals surface area contributed by atoms with Gasteiger partial charge in [-0.3, -0.25) is 0 Å². The lowest BCUT2D eigenvalue weighted by Gasteiger charge is -1.96. The standard InChI is InChI=1S/C16H12N4OS.C2H6/c1-11-7-8-20-14(9-11)13(10-17-20)15-18-19-16(21-15)22-12-5-3-2-4-6-12;1-2/h2-10H,1H3;1-2H3. The molecule has 1 aromatic carbocycles. The first-order chi connectivity index (χ1) is 11.8. The van der Waals surface area contributed by atoms with Crippen molar-refractivity contribution in [2.45, 2.75) is 30.9 Å². The summed E-state index contributed by atoms with van der Waals surface area (Å²) in [5, 5.41) is 13.1. The predicted octanol–water partition coefficient (Wildman–Crippen LogP) is 4.87. The molecule has 122 valence electrons. The number of aryl methyl sites for hydroxylation is 1. The van der Waals surface area contributed by atoms with Crippen molar-refractivity contribution in [3.8, 4) is 11.5 Å².